The van der Waals surface area contributed by atoms with Gasteiger partial charge in [0.15, 0.2) is 4.77 Å². The van der Waals surface area contributed by atoms with Crippen LogP contribution in [0.2, 0.25) is 0 Å². The Morgan fingerprint density at radius 3 is 2.71 bits per heavy atom. The van der Waals surface area contributed by atoms with Gasteiger partial charge in [-0.25, -0.2) is 0 Å². The molecule has 2 N–H and O–H groups in total. The average molecular weight is 348 g/mol. The predicted molar refractivity (Wildman–Crippen MR) is 95.6 cm³/mol. The van der Waals surface area contributed by atoms with E-state index in [-0.39, 0.29) is 18.5 Å². The Morgan fingerprint density at radius 2 is 2.08 bits per heavy atom. The van der Waals surface area contributed by atoms with Crippen LogP contribution >= 0.6 is 12.2 Å². The van der Waals surface area contributed by atoms with Crippen molar-refractivity contribution in [3.63, 3.8) is 0 Å². The van der Waals surface area contributed by atoms with Gasteiger partial charge in [0.05, 0.1) is 12.6 Å². The van der Waals surface area contributed by atoms with Gasteiger partial charge in [-0.2, -0.15) is 5.10 Å². The topological polar surface area (TPSA) is 71.9 Å². The molecule has 0 spiro atoms. The van der Waals surface area contributed by atoms with Crippen molar-refractivity contribution in [3.05, 3.63) is 40.4 Å². The highest BCUT2D eigenvalue weighted by molar-refractivity contribution is 7.71. The number of carbonyl (C=O) groups is 1. The Morgan fingerprint density at radius 1 is 1.38 bits per heavy atom. The van der Waals surface area contributed by atoms with Crippen LogP contribution in [0, 0.1) is 4.77 Å². The highest BCUT2D eigenvalue weighted by Crippen LogP contribution is 2.17. The van der Waals surface area contributed by atoms with E-state index in [0.717, 1.165) is 30.0 Å². The number of nitrogens with zero attached hydrogens (tertiary/aromatic N) is 2. The van der Waals surface area contributed by atoms with Crippen molar-refractivity contribution in [2.75, 3.05) is 6.61 Å². The SMILES string of the molecule is CCCc1n[nH]c(=S)n1CC(=O)NC(C)c1ccc(OCC)cc1. The monoisotopic (exact) mass is 348 g/mol. The molecule has 0 radical (unpaired) electrons. The van der Waals surface area contributed by atoms with Crippen molar-refractivity contribution >= 4 is 18.1 Å². The van der Waals surface area contributed by atoms with E-state index in [1.807, 2.05) is 38.1 Å². The first kappa shape index (κ1) is 18.2. The number of amides is 1. The zero-order valence-electron chi connectivity index (χ0n) is 14.3. The second kappa shape index (κ2) is 8.63. The number of ether oxygens (including phenoxy) is 1. The molecule has 2 rings (SSSR count). The number of hydrogen-bond donors (Lipinski definition) is 2. The second-order valence-corrected chi connectivity index (χ2v) is 5.96. The van der Waals surface area contributed by atoms with Crippen molar-refractivity contribution < 1.29 is 9.53 Å². The molecule has 130 valence electrons. The van der Waals surface area contributed by atoms with Crippen molar-refractivity contribution in [2.24, 2.45) is 0 Å². The molecule has 0 bridgehead atoms. The van der Waals surface area contributed by atoms with E-state index >= 15 is 0 Å². The Hall–Kier alpha value is -2.15. The molecule has 1 amide bonds. The summed E-state index contributed by atoms with van der Waals surface area (Å²) < 4.78 is 7.65. The minimum absolute atomic E-state index is 0.0914. The molecule has 6 nitrogen and oxygen atoms in total. The molecule has 1 heterocycles. The summed E-state index contributed by atoms with van der Waals surface area (Å²) in [6, 6.07) is 7.65. The van der Waals surface area contributed by atoms with E-state index < -0.39 is 0 Å². The molecule has 0 fully saturated rings. The summed E-state index contributed by atoms with van der Waals surface area (Å²) in [5, 5.41) is 9.92. The predicted octanol–water partition coefficient (Wildman–Crippen LogP) is 3.17. The average Bonchev–Trinajstić information content (AvgIpc) is 2.89. The molecule has 1 aromatic heterocycles. The molecule has 0 aliphatic heterocycles. The highest BCUT2D eigenvalue weighted by Gasteiger charge is 2.13. The summed E-state index contributed by atoms with van der Waals surface area (Å²) in [5.41, 5.74) is 1.02. The molecule has 0 saturated heterocycles. The lowest BCUT2D eigenvalue weighted by Gasteiger charge is -2.15. The van der Waals surface area contributed by atoms with Gasteiger partial charge in [0.2, 0.25) is 5.91 Å². The third kappa shape index (κ3) is 4.67. The largest absolute Gasteiger partial charge is 0.494 e. The van der Waals surface area contributed by atoms with Crippen molar-refractivity contribution in [2.45, 2.75) is 46.2 Å². The van der Waals surface area contributed by atoms with Crippen molar-refractivity contribution in [1.82, 2.24) is 20.1 Å². The fourth-order valence-electron chi connectivity index (χ4n) is 2.46. The summed E-state index contributed by atoms with van der Waals surface area (Å²) >= 11 is 5.20. The zero-order chi connectivity index (χ0) is 17.5. The molecule has 1 atom stereocenters. The van der Waals surface area contributed by atoms with Gasteiger partial charge in [-0.1, -0.05) is 19.1 Å². The van der Waals surface area contributed by atoms with Crippen LogP contribution in [0.5, 0.6) is 5.75 Å². The van der Waals surface area contributed by atoms with Gasteiger partial charge < -0.3 is 10.1 Å². The van der Waals surface area contributed by atoms with E-state index in [0.29, 0.717) is 11.4 Å². The fraction of sp³-hybridized carbons (Fsp3) is 0.471. The number of hydrogen-bond acceptors (Lipinski definition) is 4. The molecular formula is C17H24N4O2S. The molecule has 24 heavy (non-hydrogen) atoms. The van der Waals surface area contributed by atoms with Gasteiger partial charge in [0.1, 0.15) is 18.1 Å². The number of aromatic nitrogens is 3. The van der Waals surface area contributed by atoms with Crippen LogP contribution < -0.4 is 10.1 Å². The summed E-state index contributed by atoms with van der Waals surface area (Å²) in [4.78, 5) is 12.3. The van der Waals surface area contributed by atoms with Crippen LogP contribution in [0.3, 0.4) is 0 Å². The molecule has 2 aromatic rings. The van der Waals surface area contributed by atoms with Crippen LogP contribution in [0.15, 0.2) is 24.3 Å². The Labute approximate surface area is 147 Å². The maximum absolute atomic E-state index is 12.3. The van der Waals surface area contributed by atoms with Crippen LogP contribution in [0.1, 0.15) is 44.6 Å². The van der Waals surface area contributed by atoms with Crippen molar-refractivity contribution in [3.8, 4) is 5.75 Å². The summed E-state index contributed by atoms with van der Waals surface area (Å²) in [5.74, 6) is 1.55. The first-order valence-corrected chi connectivity index (χ1v) is 8.62. The highest BCUT2D eigenvalue weighted by atomic mass is 32.1. The van der Waals surface area contributed by atoms with Gasteiger partial charge in [0.25, 0.3) is 0 Å². The lowest BCUT2D eigenvalue weighted by Crippen LogP contribution is -2.30. The number of aryl methyl sites for hydroxylation is 1. The van der Waals surface area contributed by atoms with E-state index in [9.17, 15) is 4.79 Å². The lowest BCUT2D eigenvalue weighted by atomic mass is 10.1. The number of nitrogens with one attached hydrogen (secondary N) is 2. The normalized spacial score (nSPS) is 12.0. The number of carbonyl (C=O) groups excluding carboxylic acids is 1. The fourth-order valence-corrected chi connectivity index (χ4v) is 2.68. The van der Waals surface area contributed by atoms with E-state index in [1.165, 1.54) is 0 Å². The van der Waals surface area contributed by atoms with E-state index in [4.69, 9.17) is 17.0 Å². The first-order chi connectivity index (χ1) is 11.5. The van der Waals surface area contributed by atoms with E-state index in [2.05, 4.69) is 22.4 Å². The molecule has 0 aliphatic carbocycles. The van der Waals surface area contributed by atoms with Crippen LogP contribution in [-0.4, -0.2) is 27.3 Å². The van der Waals surface area contributed by atoms with Crippen molar-refractivity contribution in [1.29, 1.82) is 0 Å². The maximum Gasteiger partial charge on any atom is 0.240 e. The minimum atomic E-state index is -0.0936. The molecule has 1 aromatic carbocycles. The van der Waals surface area contributed by atoms with Gasteiger partial charge in [-0.3, -0.25) is 14.5 Å². The number of H-pyrrole nitrogens is 1. The molecule has 0 saturated carbocycles. The standard InChI is InChI=1S/C17H24N4O2S/c1-4-6-15-19-20-17(24)21(15)11-16(22)18-12(3)13-7-9-14(10-8-13)23-5-2/h7-10,12H,4-6,11H2,1-3H3,(H,18,22)(H,20,24). The minimum Gasteiger partial charge on any atom is -0.494 e. The van der Waals surface area contributed by atoms with Crippen LogP contribution in [0.4, 0.5) is 0 Å². The Bertz CT molecular complexity index is 721. The molecule has 7 heteroatoms. The molecule has 0 aliphatic rings. The number of rotatable bonds is 8. The number of benzene rings is 1. The van der Waals surface area contributed by atoms with Gasteiger partial charge in [-0.05, 0) is 50.2 Å². The lowest BCUT2D eigenvalue weighted by molar-refractivity contribution is -0.122. The van der Waals surface area contributed by atoms with Gasteiger partial charge in [0, 0.05) is 6.42 Å². The van der Waals surface area contributed by atoms with Crippen LogP contribution in [0.25, 0.3) is 0 Å². The smallest absolute Gasteiger partial charge is 0.240 e. The van der Waals surface area contributed by atoms with Gasteiger partial charge in [-0.15, -0.1) is 0 Å². The number of aromatic amines is 1. The van der Waals surface area contributed by atoms with Gasteiger partial charge >= 0.3 is 0 Å². The third-order valence-electron chi connectivity index (χ3n) is 3.68. The summed E-state index contributed by atoms with van der Waals surface area (Å²) in [6.07, 6.45) is 1.73. The van der Waals surface area contributed by atoms with Crippen LogP contribution in [-0.2, 0) is 17.8 Å². The quantitative estimate of drug-likeness (QED) is 0.719. The summed E-state index contributed by atoms with van der Waals surface area (Å²) in [7, 11) is 0. The zero-order valence-corrected chi connectivity index (χ0v) is 15.2. The molecular weight excluding hydrogens is 324 g/mol. The summed E-state index contributed by atoms with van der Waals surface area (Å²) in [6.45, 7) is 6.78. The Kier molecular flexibility index (Phi) is 6.54. The maximum atomic E-state index is 12.3. The third-order valence-corrected chi connectivity index (χ3v) is 3.99. The van der Waals surface area contributed by atoms with E-state index in [1.54, 1.807) is 4.57 Å². The Balaban J connectivity index is 1.99. The second-order valence-electron chi connectivity index (χ2n) is 5.57. The first-order valence-electron chi connectivity index (χ1n) is 8.21. The molecule has 1 unspecified atom stereocenters.